The molecule has 0 amide bonds. The summed E-state index contributed by atoms with van der Waals surface area (Å²) in [5.41, 5.74) is 0. The van der Waals surface area contributed by atoms with Crippen molar-refractivity contribution in [1.29, 1.82) is 0 Å². The zero-order chi connectivity index (χ0) is 14.3. The normalized spacial score (nSPS) is 10.7. The van der Waals surface area contributed by atoms with E-state index in [9.17, 15) is 35.1 Å². The van der Waals surface area contributed by atoms with Crippen LogP contribution in [0.25, 0.3) is 0 Å². The lowest BCUT2D eigenvalue weighted by atomic mass is 10.2. The minimum absolute atomic E-state index is 0.0429. The van der Waals surface area contributed by atoms with Crippen molar-refractivity contribution < 1.29 is 24.3 Å². The predicted octanol–water partition coefficient (Wildman–Crippen LogP) is 0.204. The molecule has 0 saturated heterocycles. The first-order valence-corrected chi connectivity index (χ1v) is 4.88. The van der Waals surface area contributed by atoms with Gasteiger partial charge in [-0.3, -0.25) is 35.1 Å². The van der Waals surface area contributed by atoms with Crippen molar-refractivity contribution >= 4 is 5.97 Å². The van der Waals surface area contributed by atoms with Gasteiger partial charge in [0, 0.05) is 0 Å². The molecular formula is C7H11N3O8. The van der Waals surface area contributed by atoms with Crippen LogP contribution in [0.5, 0.6) is 0 Å². The van der Waals surface area contributed by atoms with Crippen LogP contribution in [0.3, 0.4) is 0 Å². The van der Waals surface area contributed by atoms with Gasteiger partial charge in [0.2, 0.25) is 0 Å². The van der Waals surface area contributed by atoms with Gasteiger partial charge < -0.3 is 4.74 Å². The number of hydrogen-bond acceptors (Lipinski definition) is 8. The molecule has 0 spiro atoms. The van der Waals surface area contributed by atoms with E-state index in [1.807, 2.05) is 0 Å². The molecule has 0 aromatic carbocycles. The van der Waals surface area contributed by atoms with Gasteiger partial charge in [-0.05, 0) is 6.42 Å². The quantitative estimate of drug-likeness (QED) is 0.260. The molecular weight excluding hydrogens is 254 g/mol. The Bertz CT molecular complexity index is 332. The molecule has 0 aromatic rings. The number of hydrogen-bond donors (Lipinski definition) is 0. The van der Waals surface area contributed by atoms with E-state index in [2.05, 4.69) is 4.74 Å². The Hall–Kier alpha value is -2.33. The molecule has 0 unspecified atom stereocenters. The van der Waals surface area contributed by atoms with E-state index < -0.39 is 39.4 Å². The molecule has 0 fully saturated rings. The molecule has 102 valence electrons. The third-order valence-electron chi connectivity index (χ3n) is 2.01. The van der Waals surface area contributed by atoms with E-state index in [1.54, 1.807) is 6.92 Å². The van der Waals surface area contributed by atoms with E-state index in [1.165, 1.54) is 0 Å². The Morgan fingerprint density at radius 1 is 1.11 bits per heavy atom. The summed E-state index contributed by atoms with van der Waals surface area (Å²) < 4.78 is 4.52. The van der Waals surface area contributed by atoms with E-state index >= 15 is 0 Å². The van der Waals surface area contributed by atoms with Crippen molar-refractivity contribution in [3.05, 3.63) is 30.3 Å². The summed E-state index contributed by atoms with van der Waals surface area (Å²) >= 11 is 0. The highest BCUT2D eigenvalue weighted by atomic mass is 16.7. The van der Waals surface area contributed by atoms with Crippen LogP contribution in [0.15, 0.2) is 0 Å². The van der Waals surface area contributed by atoms with Gasteiger partial charge in [0.05, 0.1) is 13.0 Å². The first kappa shape index (κ1) is 15.7. The van der Waals surface area contributed by atoms with Crippen molar-refractivity contribution in [3.63, 3.8) is 0 Å². The van der Waals surface area contributed by atoms with Gasteiger partial charge in [0.15, 0.2) is 21.2 Å². The molecule has 0 aliphatic heterocycles. The number of carbonyl (C=O) groups is 1. The van der Waals surface area contributed by atoms with Gasteiger partial charge in [-0.2, -0.15) is 0 Å². The SMILES string of the molecule is CCCOC(=O)CCC([N+](=O)[O-])([N+](=O)[O-])[N+](=O)[O-]. The lowest BCUT2D eigenvalue weighted by Gasteiger charge is -2.08. The van der Waals surface area contributed by atoms with Crippen LogP contribution in [0.2, 0.25) is 0 Å². The highest BCUT2D eigenvalue weighted by Crippen LogP contribution is 2.19. The van der Waals surface area contributed by atoms with Gasteiger partial charge in [-0.1, -0.05) is 6.92 Å². The van der Waals surface area contributed by atoms with Crippen LogP contribution < -0.4 is 0 Å². The van der Waals surface area contributed by atoms with Crippen molar-refractivity contribution in [2.75, 3.05) is 6.61 Å². The third-order valence-corrected chi connectivity index (χ3v) is 2.01. The lowest BCUT2D eigenvalue weighted by molar-refractivity contribution is -0.970. The monoisotopic (exact) mass is 265 g/mol. The molecule has 0 aliphatic rings. The molecule has 0 aliphatic carbocycles. The second-order valence-electron chi connectivity index (χ2n) is 3.27. The molecule has 0 saturated carbocycles. The Morgan fingerprint density at radius 2 is 1.56 bits per heavy atom. The summed E-state index contributed by atoms with van der Waals surface area (Å²) in [5.74, 6) is -4.56. The maximum atomic E-state index is 11.0. The minimum Gasteiger partial charge on any atom is -0.466 e. The Balaban J connectivity index is 4.82. The van der Waals surface area contributed by atoms with Crippen molar-refractivity contribution in [3.8, 4) is 0 Å². The van der Waals surface area contributed by atoms with Gasteiger partial charge in [-0.15, -0.1) is 0 Å². The Morgan fingerprint density at radius 3 is 1.89 bits per heavy atom. The lowest BCUT2D eigenvalue weighted by Crippen LogP contribution is -2.53. The van der Waals surface area contributed by atoms with Gasteiger partial charge in [0.25, 0.3) is 0 Å². The van der Waals surface area contributed by atoms with Gasteiger partial charge in [0.1, 0.15) is 0 Å². The molecule has 0 rings (SSSR count). The maximum absolute atomic E-state index is 11.0. The van der Waals surface area contributed by atoms with Gasteiger partial charge >= 0.3 is 11.8 Å². The summed E-state index contributed by atoms with van der Waals surface area (Å²) in [7, 11) is 0. The number of esters is 1. The Labute approximate surface area is 100 Å². The zero-order valence-corrected chi connectivity index (χ0v) is 9.44. The maximum Gasteiger partial charge on any atom is 0.700 e. The second kappa shape index (κ2) is 6.42. The molecule has 0 radical (unpaired) electrons. The Kier molecular flexibility index (Phi) is 5.59. The first-order chi connectivity index (χ1) is 8.28. The van der Waals surface area contributed by atoms with E-state index in [0.717, 1.165) is 0 Å². The van der Waals surface area contributed by atoms with Crippen molar-refractivity contribution in [2.45, 2.75) is 32.0 Å². The minimum atomic E-state index is -3.61. The van der Waals surface area contributed by atoms with E-state index in [-0.39, 0.29) is 6.61 Å². The van der Waals surface area contributed by atoms with Crippen LogP contribution in [-0.2, 0) is 9.53 Å². The molecule has 18 heavy (non-hydrogen) atoms. The molecule has 0 heterocycles. The highest BCUT2D eigenvalue weighted by Gasteiger charge is 2.69. The second-order valence-corrected chi connectivity index (χ2v) is 3.27. The fourth-order valence-corrected chi connectivity index (χ4v) is 1.03. The van der Waals surface area contributed by atoms with Crippen LogP contribution in [0, 0.1) is 30.3 Å². The van der Waals surface area contributed by atoms with Crippen LogP contribution in [-0.4, -0.2) is 33.1 Å². The summed E-state index contributed by atoms with van der Waals surface area (Å²) in [6.45, 7) is 1.74. The number of ether oxygens (including phenoxy) is 1. The van der Waals surface area contributed by atoms with Crippen molar-refractivity contribution in [2.24, 2.45) is 0 Å². The largest absolute Gasteiger partial charge is 0.700 e. The van der Waals surface area contributed by atoms with Gasteiger partial charge in [-0.25, -0.2) is 0 Å². The van der Waals surface area contributed by atoms with Crippen LogP contribution >= 0.6 is 0 Å². The highest BCUT2D eigenvalue weighted by molar-refractivity contribution is 5.69. The predicted molar refractivity (Wildman–Crippen MR) is 54.2 cm³/mol. The van der Waals surface area contributed by atoms with Crippen LogP contribution in [0.1, 0.15) is 26.2 Å². The number of nitrogens with zero attached hydrogens (tertiary/aromatic N) is 3. The fraction of sp³-hybridized carbons (Fsp3) is 0.857. The zero-order valence-electron chi connectivity index (χ0n) is 9.44. The smallest absolute Gasteiger partial charge is 0.466 e. The molecule has 11 nitrogen and oxygen atoms in total. The summed E-state index contributed by atoms with van der Waals surface area (Å²) in [6, 6.07) is 0. The molecule has 0 N–H and O–H groups in total. The number of rotatable bonds is 8. The van der Waals surface area contributed by atoms with Crippen molar-refractivity contribution in [1.82, 2.24) is 0 Å². The number of carbonyl (C=O) groups excluding carboxylic acids is 1. The first-order valence-electron chi connectivity index (χ1n) is 4.88. The average molecular weight is 265 g/mol. The number of nitro groups is 3. The molecule has 0 atom stereocenters. The summed E-state index contributed by atoms with van der Waals surface area (Å²) in [4.78, 5) is 37.7. The summed E-state index contributed by atoms with van der Waals surface area (Å²) in [5, 5.41) is 31.5. The molecule has 0 bridgehead atoms. The third kappa shape index (κ3) is 3.33. The topological polar surface area (TPSA) is 156 Å². The van der Waals surface area contributed by atoms with Crippen LogP contribution in [0.4, 0.5) is 0 Å². The van der Waals surface area contributed by atoms with E-state index in [4.69, 9.17) is 0 Å². The standard InChI is InChI=1S/C7H11N3O8/c1-2-5-18-6(11)3-4-7(8(12)13,9(14)15)10(16)17/h2-5H2,1H3. The molecule has 0 aromatic heterocycles. The average Bonchev–Trinajstić information content (AvgIpc) is 2.25. The molecule has 11 heteroatoms. The fourth-order valence-electron chi connectivity index (χ4n) is 1.03. The van der Waals surface area contributed by atoms with E-state index in [0.29, 0.717) is 6.42 Å². The summed E-state index contributed by atoms with van der Waals surface area (Å²) in [6.07, 6.45) is -1.44.